The largest absolute Gasteiger partial charge is 0.497 e. The number of rotatable bonds is 8. The number of hydrogen-bond acceptors (Lipinski definition) is 2. The van der Waals surface area contributed by atoms with Crippen molar-refractivity contribution in [1.82, 2.24) is 0 Å². The lowest BCUT2D eigenvalue weighted by Crippen LogP contribution is -2.54. The van der Waals surface area contributed by atoms with Crippen LogP contribution in [0.4, 0.5) is 0 Å². The molecule has 0 aliphatic heterocycles. The van der Waals surface area contributed by atoms with Gasteiger partial charge in [-0.2, -0.15) is 0 Å². The van der Waals surface area contributed by atoms with Crippen LogP contribution in [0.25, 0.3) is 11.6 Å². The van der Waals surface area contributed by atoms with Crippen LogP contribution in [0.2, 0.25) is 17.6 Å². The van der Waals surface area contributed by atoms with Crippen LogP contribution >= 0.6 is 0 Å². The molecule has 0 saturated carbocycles. The first-order valence-corrected chi connectivity index (χ1v) is 20.2. The predicted octanol–water partition coefficient (Wildman–Crippen LogP) is 9.65. The normalized spacial score (nSPS) is 20.3. The Bertz CT molecular complexity index is 1730. The van der Waals surface area contributed by atoms with Crippen molar-refractivity contribution in [3.05, 3.63) is 87.3 Å². The van der Waals surface area contributed by atoms with Gasteiger partial charge in [-0.1, -0.05) is 138 Å². The fourth-order valence-corrected chi connectivity index (χ4v) is 13.9. The molecule has 0 radical (unpaired) electrons. The highest BCUT2D eigenvalue weighted by Crippen LogP contribution is 2.62. The van der Waals surface area contributed by atoms with E-state index in [9.17, 15) is 0 Å². The van der Waals surface area contributed by atoms with E-state index < -0.39 is 8.07 Å². The van der Waals surface area contributed by atoms with E-state index in [1.165, 1.54) is 33.2 Å². The fourth-order valence-electron chi connectivity index (χ4n) is 8.76. The summed E-state index contributed by atoms with van der Waals surface area (Å²) in [6.45, 7) is 33.1. The Labute approximate surface area is 281 Å². The minimum absolute atomic E-state index is 0.0573. The molecule has 2 aromatic carbocycles. The summed E-state index contributed by atoms with van der Waals surface area (Å²) in [6.07, 6.45) is 9.49. The molecule has 3 heteroatoms. The number of ether oxygens (including phenoxy) is 2. The van der Waals surface area contributed by atoms with E-state index in [1.807, 2.05) is 13.2 Å². The molecular weight excluding hydrogens is 577 g/mol. The first kappa shape index (κ1) is 34.5. The van der Waals surface area contributed by atoms with Crippen LogP contribution in [-0.2, 0) is 10.8 Å². The highest BCUT2D eigenvalue weighted by Gasteiger charge is 2.54. The third-order valence-electron chi connectivity index (χ3n) is 11.3. The summed E-state index contributed by atoms with van der Waals surface area (Å²) in [6, 6.07) is 14.2. The fraction of sp³-hybridized carbons (Fsp3) is 0.535. The zero-order valence-corrected chi connectivity index (χ0v) is 32.3. The molecule has 1 atom stereocenters. The van der Waals surface area contributed by atoms with Gasteiger partial charge in [0, 0.05) is 16.5 Å². The number of methoxy groups -OCH3 is 1. The molecule has 46 heavy (non-hydrogen) atoms. The zero-order valence-electron chi connectivity index (χ0n) is 31.3. The SMILES string of the molecule is C=CCOc1c(C(C)(C)C)cc(OC)cc1[Si](CC)(CC)C1C2=CC(C)(C)CCC2=C2C1=c1ccc(C(C)(C)C)cc1=CC2(C)C. The molecule has 0 spiro atoms. The molecule has 0 heterocycles. The van der Waals surface area contributed by atoms with Gasteiger partial charge in [0.2, 0.25) is 0 Å². The van der Waals surface area contributed by atoms with Crippen molar-refractivity contribution in [2.45, 2.75) is 124 Å². The van der Waals surface area contributed by atoms with E-state index >= 15 is 0 Å². The molecule has 0 bridgehead atoms. The first-order valence-electron chi connectivity index (χ1n) is 17.7. The van der Waals surface area contributed by atoms with E-state index in [-0.39, 0.29) is 21.7 Å². The Balaban J connectivity index is 1.97. The van der Waals surface area contributed by atoms with E-state index in [2.05, 4.69) is 132 Å². The summed E-state index contributed by atoms with van der Waals surface area (Å²) in [5.41, 5.74) is 9.49. The van der Waals surface area contributed by atoms with Gasteiger partial charge in [0.15, 0.2) is 0 Å². The predicted molar refractivity (Wildman–Crippen MR) is 202 cm³/mol. The van der Waals surface area contributed by atoms with Crippen molar-refractivity contribution < 1.29 is 9.47 Å². The summed E-state index contributed by atoms with van der Waals surface area (Å²) in [4.78, 5) is 0. The number of fused-ring (bicyclic) bond motifs is 3. The molecule has 0 saturated heterocycles. The molecule has 0 N–H and O–H groups in total. The third kappa shape index (κ3) is 5.69. The molecule has 0 fully saturated rings. The summed E-state index contributed by atoms with van der Waals surface area (Å²) < 4.78 is 12.9. The van der Waals surface area contributed by atoms with Gasteiger partial charge in [-0.25, -0.2) is 0 Å². The highest BCUT2D eigenvalue weighted by molar-refractivity contribution is 6.95. The molecule has 3 aliphatic carbocycles. The first-order chi connectivity index (χ1) is 21.3. The van der Waals surface area contributed by atoms with E-state index in [4.69, 9.17) is 9.47 Å². The van der Waals surface area contributed by atoms with Crippen molar-refractivity contribution in [3.63, 3.8) is 0 Å². The van der Waals surface area contributed by atoms with Crippen LogP contribution in [0, 0.1) is 10.8 Å². The standard InChI is InChI=1S/C43H60O2Si/c1-15-22-45-38-34(41(7,8)9)24-30(44-14)25-35(38)46(16-2,17-3)39-33-27-42(10,11)21-20-32(33)37-36(39)31-19-18-29(40(4,5)6)23-28(31)26-43(37,12)13/h15,18-19,23-27,39H,1,16-17,20-22H2,2-14H3. The van der Waals surface area contributed by atoms with Gasteiger partial charge in [-0.05, 0) is 84.7 Å². The van der Waals surface area contributed by atoms with Crippen LogP contribution in [0.1, 0.15) is 107 Å². The molecule has 2 nitrogen and oxygen atoms in total. The Morgan fingerprint density at radius 3 is 2.17 bits per heavy atom. The van der Waals surface area contributed by atoms with E-state index in [0.29, 0.717) is 12.1 Å². The second-order valence-corrected chi connectivity index (χ2v) is 22.3. The smallest absolute Gasteiger partial charge is 0.123 e. The van der Waals surface area contributed by atoms with Crippen LogP contribution in [-0.4, -0.2) is 21.8 Å². The molecule has 2 aromatic rings. The molecular formula is C43H60O2Si. The second-order valence-electron chi connectivity index (χ2n) is 17.5. The van der Waals surface area contributed by atoms with Gasteiger partial charge in [0.05, 0.1) is 7.11 Å². The Kier molecular flexibility index (Phi) is 8.80. The Morgan fingerprint density at radius 1 is 0.935 bits per heavy atom. The zero-order chi connectivity index (χ0) is 34.0. The van der Waals surface area contributed by atoms with Crippen molar-refractivity contribution in [3.8, 4) is 11.5 Å². The molecule has 0 aromatic heterocycles. The lowest BCUT2D eigenvalue weighted by atomic mass is 9.72. The lowest BCUT2D eigenvalue weighted by Gasteiger charge is -2.43. The third-order valence-corrected chi connectivity index (χ3v) is 16.9. The van der Waals surface area contributed by atoms with E-state index in [0.717, 1.165) is 30.0 Å². The van der Waals surface area contributed by atoms with Gasteiger partial charge in [-0.3, -0.25) is 0 Å². The quantitative estimate of drug-likeness (QED) is 0.212. The van der Waals surface area contributed by atoms with Crippen molar-refractivity contribution in [2.75, 3.05) is 13.7 Å². The maximum Gasteiger partial charge on any atom is 0.123 e. The van der Waals surface area contributed by atoms with Crippen LogP contribution in [0.3, 0.4) is 0 Å². The maximum atomic E-state index is 6.80. The monoisotopic (exact) mass is 636 g/mol. The average molecular weight is 637 g/mol. The minimum Gasteiger partial charge on any atom is -0.497 e. The van der Waals surface area contributed by atoms with Crippen molar-refractivity contribution in [1.29, 1.82) is 0 Å². The van der Waals surface area contributed by atoms with Crippen LogP contribution < -0.4 is 25.1 Å². The number of benzene rings is 2. The molecule has 0 amide bonds. The topological polar surface area (TPSA) is 18.5 Å². The van der Waals surface area contributed by atoms with Gasteiger partial charge in [0.1, 0.15) is 26.2 Å². The van der Waals surface area contributed by atoms with Crippen LogP contribution in [0.15, 0.2) is 65.8 Å². The van der Waals surface area contributed by atoms with Gasteiger partial charge < -0.3 is 9.47 Å². The van der Waals surface area contributed by atoms with Gasteiger partial charge in [-0.15, -0.1) is 0 Å². The van der Waals surface area contributed by atoms with Gasteiger partial charge >= 0.3 is 0 Å². The Hall–Kier alpha value is -2.78. The molecule has 1 unspecified atom stereocenters. The van der Waals surface area contributed by atoms with Crippen LogP contribution in [0.5, 0.6) is 11.5 Å². The highest BCUT2D eigenvalue weighted by atomic mass is 28.3. The van der Waals surface area contributed by atoms with Crippen molar-refractivity contribution >= 4 is 24.9 Å². The summed E-state index contributed by atoms with van der Waals surface area (Å²) in [5, 5.41) is 4.25. The molecule has 5 rings (SSSR count). The number of hydrogen-bond donors (Lipinski definition) is 0. The van der Waals surface area contributed by atoms with Crippen molar-refractivity contribution in [2.24, 2.45) is 10.8 Å². The summed E-state index contributed by atoms with van der Waals surface area (Å²) in [7, 11) is -0.586. The summed E-state index contributed by atoms with van der Waals surface area (Å²) >= 11 is 0. The average Bonchev–Trinajstić information content (AvgIpc) is 3.30. The summed E-state index contributed by atoms with van der Waals surface area (Å²) in [5.74, 6) is 2.01. The Morgan fingerprint density at radius 2 is 1.61 bits per heavy atom. The second kappa shape index (κ2) is 11.7. The maximum absolute atomic E-state index is 6.80. The van der Waals surface area contributed by atoms with E-state index in [1.54, 1.807) is 22.3 Å². The van der Waals surface area contributed by atoms with Gasteiger partial charge in [0.25, 0.3) is 0 Å². The lowest BCUT2D eigenvalue weighted by molar-refractivity contribution is 0.351. The number of allylic oxidation sites excluding steroid dienone is 4. The molecule has 248 valence electrons. The minimum atomic E-state index is -2.40. The molecule has 3 aliphatic rings.